The number of likely N-dealkylation sites (tertiary alicyclic amines) is 1. The molecule has 0 spiro atoms. The Labute approximate surface area is 149 Å². The van der Waals surface area contributed by atoms with Crippen LogP contribution in [0, 0.1) is 5.92 Å². The summed E-state index contributed by atoms with van der Waals surface area (Å²) in [5, 5.41) is 11.9. The fraction of sp³-hybridized carbons (Fsp3) is 0.444. The van der Waals surface area contributed by atoms with Crippen LogP contribution in [-0.2, 0) is 5.60 Å². The second kappa shape index (κ2) is 5.96. The molecule has 1 saturated heterocycles. The van der Waals surface area contributed by atoms with Crippen LogP contribution in [-0.4, -0.2) is 34.3 Å². The van der Waals surface area contributed by atoms with Crippen LogP contribution in [0.15, 0.2) is 47.1 Å². The average Bonchev–Trinajstić information content (AvgIpc) is 2.56. The predicted octanol–water partition coefficient (Wildman–Crippen LogP) is 3.84. The molecule has 0 aliphatic carbocycles. The standard InChI is InChI=1S/C18H20BrNO2S/c1-20-10-8-12(9-11-20)18(21)13-4-2-3-5-14(13)22-15-6-7-16(19)23-17(15)18/h2-7,12,16,21H,8-11H2,1H3. The zero-order valence-electron chi connectivity index (χ0n) is 13.0. The molecule has 1 N–H and O–H groups in total. The third-order valence-electron chi connectivity index (χ3n) is 5.03. The number of para-hydroxylation sites is 1. The van der Waals surface area contributed by atoms with Gasteiger partial charge in [0.05, 0.1) is 9.06 Å². The molecule has 5 heteroatoms. The van der Waals surface area contributed by atoms with Crippen LogP contribution in [0.5, 0.6) is 5.75 Å². The number of rotatable bonds is 1. The molecule has 1 fully saturated rings. The van der Waals surface area contributed by atoms with Gasteiger partial charge < -0.3 is 14.7 Å². The molecule has 2 unspecified atom stereocenters. The van der Waals surface area contributed by atoms with Crippen molar-refractivity contribution in [2.45, 2.75) is 22.6 Å². The van der Waals surface area contributed by atoms with Gasteiger partial charge >= 0.3 is 0 Å². The summed E-state index contributed by atoms with van der Waals surface area (Å²) < 4.78 is 6.25. The van der Waals surface area contributed by atoms with Crippen LogP contribution in [0.25, 0.3) is 0 Å². The number of alkyl halides is 1. The van der Waals surface area contributed by atoms with Gasteiger partial charge in [0.15, 0.2) is 0 Å². The van der Waals surface area contributed by atoms with Crippen molar-refractivity contribution < 1.29 is 9.84 Å². The van der Waals surface area contributed by atoms with E-state index in [0.717, 1.165) is 47.9 Å². The third kappa shape index (κ3) is 2.58. The van der Waals surface area contributed by atoms with E-state index in [1.165, 1.54) is 0 Å². The number of hydrogen-bond acceptors (Lipinski definition) is 4. The van der Waals surface area contributed by atoms with Crippen molar-refractivity contribution in [3.05, 3.63) is 52.6 Å². The van der Waals surface area contributed by atoms with Crippen molar-refractivity contribution in [1.82, 2.24) is 4.90 Å². The predicted molar refractivity (Wildman–Crippen MR) is 97.7 cm³/mol. The highest BCUT2D eigenvalue weighted by Crippen LogP contribution is 2.55. The molecule has 3 aliphatic heterocycles. The maximum atomic E-state index is 11.9. The fourth-order valence-electron chi connectivity index (χ4n) is 3.75. The lowest BCUT2D eigenvalue weighted by atomic mass is 9.74. The van der Waals surface area contributed by atoms with Gasteiger partial charge in [-0.15, -0.1) is 11.8 Å². The minimum atomic E-state index is -0.952. The number of hydrogen-bond donors (Lipinski definition) is 1. The summed E-state index contributed by atoms with van der Waals surface area (Å²) >= 11 is 5.30. The van der Waals surface area contributed by atoms with Gasteiger partial charge in [-0.1, -0.05) is 40.2 Å². The Balaban J connectivity index is 1.83. The number of allylic oxidation sites excluding steroid dienone is 1. The molecule has 1 aromatic rings. The zero-order chi connectivity index (χ0) is 16.0. The highest BCUT2D eigenvalue weighted by molar-refractivity contribution is 9.11. The van der Waals surface area contributed by atoms with E-state index in [2.05, 4.69) is 34.0 Å². The zero-order valence-corrected chi connectivity index (χ0v) is 15.4. The molecule has 0 amide bonds. The van der Waals surface area contributed by atoms with Crippen LogP contribution in [0.4, 0.5) is 0 Å². The molecular formula is C18H20BrNO2S. The minimum Gasteiger partial charge on any atom is -0.456 e. The highest BCUT2D eigenvalue weighted by Gasteiger charge is 2.49. The maximum absolute atomic E-state index is 11.9. The van der Waals surface area contributed by atoms with E-state index >= 15 is 0 Å². The summed E-state index contributed by atoms with van der Waals surface area (Å²) in [6, 6.07) is 7.92. The lowest BCUT2D eigenvalue weighted by Crippen LogP contribution is -2.45. The molecule has 23 heavy (non-hydrogen) atoms. The Hall–Kier alpha value is -0.750. The van der Waals surface area contributed by atoms with Gasteiger partial charge in [-0.2, -0.15) is 0 Å². The molecule has 3 nitrogen and oxygen atoms in total. The van der Waals surface area contributed by atoms with Crippen molar-refractivity contribution in [2.24, 2.45) is 5.92 Å². The van der Waals surface area contributed by atoms with Crippen molar-refractivity contribution in [2.75, 3.05) is 20.1 Å². The van der Waals surface area contributed by atoms with E-state index in [1.54, 1.807) is 11.8 Å². The number of fused-ring (bicyclic) bond motifs is 1. The molecule has 2 atom stereocenters. The molecule has 0 radical (unpaired) electrons. The second-order valence-electron chi connectivity index (χ2n) is 6.46. The van der Waals surface area contributed by atoms with E-state index < -0.39 is 5.60 Å². The van der Waals surface area contributed by atoms with E-state index in [1.807, 2.05) is 30.3 Å². The van der Waals surface area contributed by atoms with Crippen molar-refractivity contribution in [1.29, 1.82) is 0 Å². The number of nitrogens with zero attached hydrogens (tertiary/aromatic N) is 1. The average molecular weight is 394 g/mol. The smallest absolute Gasteiger partial charge is 0.140 e. The molecule has 122 valence electrons. The van der Waals surface area contributed by atoms with Crippen molar-refractivity contribution >= 4 is 27.7 Å². The first-order valence-electron chi connectivity index (χ1n) is 8.01. The molecule has 1 aromatic carbocycles. The monoisotopic (exact) mass is 393 g/mol. The highest BCUT2D eigenvalue weighted by atomic mass is 79.9. The van der Waals surface area contributed by atoms with Crippen molar-refractivity contribution in [3.8, 4) is 5.75 Å². The Morgan fingerprint density at radius 1 is 1.30 bits per heavy atom. The van der Waals surface area contributed by atoms with Gasteiger partial charge in [0.2, 0.25) is 0 Å². The van der Waals surface area contributed by atoms with Crippen molar-refractivity contribution in [3.63, 3.8) is 0 Å². The van der Waals surface area contributed by atoms with E-state index in [4.69, 9.17) is 4.74 Å². The van der Waals surface area contributed by atoms with E-state index in [-0.39, 0.29) is 10.1 Å². The Kier molecular flexibility index (Phi) is 4.08. The fourth-order valence-corrected chi connectivity index (χ4v) is 5.53. The summed E-state index contributed by atoms with van der Waals surface area (Å²) in [4.78, 5) is 3.29. The van der Waals surface area contributed by atoms with Gasteiger partial charge in [0.1, 0.15) is 17.1 Å². The third-order valence-corrected chi connectivity index (χ3v) is 7.02. The van der Waals surface area contributed by atoms with Gasteiger partial charge in [0, 0.05) is 5.56 Å². The molecule has 0 aromatic heterocycles. The number of benzene rings is 1. The molecule has 0 bridgehead atoms. The summed E-state index contributed by atoms with van der Waals surface area (Å²) in [6.45, 7) is 2.05. The molecule has 4 rings (SSSR count). The van der Waals surface area contributed by atoms with E-state index in [9.17, 15) is 5.11 Å². The van der Waals surface area contributed by atoms with Gasteiger partial charge in [-0.3, -0.25) is 0 Å². The maximum Gasteiger partial charge on any atom is 0.140 e. The SMILES string of the molecule is CN1CCC(C2(O)C3=C(C=CC(Br)S3)Oc3ccccc32)CC1. The summed E-state index contributed by atoms with van der Waals surface area (Å²) in [5.74, 6) is 1.80. The van der Waals surface area contributed by atoms with Crippen LogP contribution in [0.1, 0.15) is 18.4 Å². The molecular weight excluding hydrogens is 374 g/mol. The number of aliphatic hydroxyl groups is 1. The van der Waals surface area contributed by atoms with Crippen LogP contribution in [0.2, 0.25) is 0 Å². The lowest BCUT2D eigenvalue weighted by molar-refractivity contribution is -0.0152. The number of piperidine rings is 1. The van der Waals surface area contributed by atoms with Crippen LogP contribution >= 0.6 is 27.7 Å². The van der Waals surface area contributed by atoms with Gasteiger partial charge in [0.25, 0.3) is 0 Å². The van der Waals surface area contributed by atoms with Crippen LogP contribution < -0.4 is 4.74 Å². The van der Waals surface area contributed by atoms with Crippen LogP contribution in [0.3, 0.4) is 0 Å². The van der Waals surface area contributed by atoms with Gasteiger partial charge in [-0.05, 0) is 51.0 Å². The topological polar surface area (TPSA) is 32.7 Å². The molecule has 3 heterocycles. The Morgan fingerprint density at radius 3 is 2.83 bits per heavy atom. The van der Waals surface area contributed by atoms with E-state index in [0.29, 0.717) is 0 Å². The first-order valence-corrected chi connectivity index (χ1v) is 9.80. The summed E-state index contributed by atoms with van der Waals surface area (Å²) in [6.07, 6.45) is 6.04. The Bertz CT molecular complexity index is 681. The minimum absolute atomic E-state index is 0.174. The largest absolute Gasteiger partial charge is 0.456 e. The number of ether oxygens (including phenoxy) is 1. The number of thioether (sulfide) groups is 1. The lowest BCUT2D eigenvalue weighted by Gasteiger charge is -2.45. The first kappa shape index (κ1) is 15.8. The normalized spacial score (nSPS) is 31.5. The van der Waals surface area contributed by atoms with Gasteiger partial charge in [-0.25, -0.2) is 0 Å². The number of halogens is 1. The summed E-state index contributed by atoms with van der Waals surface area (Å²) in [7, 11) is 2.15. The quantitative estimate of drug-likeness (QED) is 0.734. The second-order valence-corrected chi connectivity index (χ2v) is 9.21. The molecule has 0 saturated carbocycles. The molecule has 3 aliphatic rings. The Morgan fingerprint density at radius 2 is 2.04 bits per heavy atom. The summed E-state index contributed by atoms with van der Waals surface area (Å²) in [5.41, 5.74) is -0.0387. The first-order chi connectivity index (χ1) is 11.1.